The summed E-state index contributed by atoms with van der Waals surface area (Å²) >= 11 is 0. The molecule has 1 rings (SSSR count). The predicted octanol–water partition coefficient (Wildman–Crippen LogP) is 1.39. The summed E-state index contributed by atoms with van der Waals surface area (Å²) in [5.41, 5.74) is 0.582. The average molecular weight is 226 g/mol. The minimum Gasteiger partial charge on any atom is -0.389 e. The van der Waals surface area contributed by atoms with Gasteiger partial charge in [0.15, 0.2) is 0 Å². The monoisotopic (exact) mass is 226 g/mol. The van der Waals surface area contributed by atoms with E-state index in [-0.39, 0.29) is 0 Å². The van der Waals surface area contributed by atoms with Gasteiger partial charge in [-0.3, -0.25) is 4.90 Å². The van der Waals surface area contributed by atoms with Gasteiger partial charge in [0.25, 0.3) is 0 Å². The largest absolute Gasteiger partial charge is 0.389 e. The van der Waals surface area contributed by atoms with Crippen LogP contribution in [0, 0.1) is 0 Å². The van der Waals surface area contributed by atoms with Gasteiger partial charge in [0.2, 0.25) is 0 Å². The van der Waals surface area contributed by atoms with Gasteiger partial charge in [0.1, 0.15) is 0 Å². The smallest absolute Gasteiger partial charge is 0.0718 e. The van der Waals surface area contributed by atoms with E-state index in [0.717, 1.165) is 25.7 Å². The molecule has 3 nitrogen and oxygen atoms in total. The summed E-state index contributed by atoms with van der Waals surface area (Å²) in [6.45, 7) is 13.3. The Hall–Kier alpha value is -0.380. The van der Waals surface area contributed by atoms with Crippen molar-refractivity contribution >= 4 is 0 Å². The highest BCUT2D eigenvalue weighted by Crippen LogP contribution is 2.18. The maximum absolute atomic E-state index is 9.77. The van der Waals surface area contributed by atoms with Crippen LogP contribution in [-0.2, 0) is 0 Å². The fraction of sp³-hybridized carbons (Fsp3) is 0.846. The van der Waals surface area contributed by atoms with Crippen molar-refractivity contribution in [3.63, 3.8) is 0 Å². The van der Waals surface area contributed by atoms with E-state index in [1.165, 1.54) is 18.4 Å². The Labute approximate surface area is 99.5 Å². The lowest BCUT2D eigenvalue weighted by atomic mass is 10.1. The molecule has 94 valence electrons. The molecule has 0 aromatic carbocycles. The van der Waals surface area contributed by atoms with Crippen molar-refractivity contribution in [2.24, 2.45) is 0 Å². The zero-order valence-electron chi connectivity index (χ0n) is 10.9. The summed E-state index contributed by atoms with van der Waals surface area (Å²) in [5.74, 6) is 0. The van der Waals surface area contributed by atoms with Crippen LogP contribution in [0.2, 0.25) is 0 Å². The molecule has 0 bridgehead atoms. The summed E-state index contributed by atoms with van der Waals surface area (Å²) in [6.07, 6.45) is 2.63. The Balaban J connectivity index is 2.22. The van der Waals surface area contributed by atoms with Gasteiger partial charge in [-0.25, -0.2) is 0 Å². The first kappa shape index (κ1) is 13.7. The highest BCUT2D eigenvalue weighted by Gasteiger charge is 2.21. The molecule has 0 spiro atoms. The molecule has 1 fully saturated rings. The number of aliphatic hydroxyl groups is 1. The molecule has 2 N–H and O–H groups in total. The standard InChI is InChI=1S/C13H26N2O/c1-5-15(10-13(3,4)16)9-11(2)8-14-12-6-7-12/h12,14,16H,2,5-10H2,1,3-4H3. The molecule has 0 aromatic rings. The van der Waals surface area contributed by atoms with E-state index in [0.29, 0.717) is 6.54 Å². The molecule has 0 radical (unpaired) electrons. The Kier molecular flexibility index (Phi) is 4.96. The molecule has 3 heteroatoms. The van der Waals surface area contributed by atoms with Crippen molar-refractivity contribution in [1.82, 2.24) is 10.2 Å². The van der Waals surface area contributed by atoms with Crippen LogP contribution in [0.1, 0.15) is 33.6 Å². The normalized spacial score (nSPS) is 16.8. The van der Waals surface area contributed by atoms with E-state index < -0.39 is 5.60 Å². The van der Waals surface area contributed by atoms with Crippen molar-refractivity contribution in [2.75, 3.05) is 26.2 Å². The highest BCUT2D eigenvalue weighted by molar-refractivity contribution is 5.02. The maximum Gasteiger partial charge on any atom is 0.0718 e. The molecule has 1 aliphatic carbocycles. The van der Waals surface area contributed by atoms with Gasteiger partial charge < -0.3 is 10.4 Å². The summed E-state index contributed by atoms with van der Waals surface area (Å²) < 4.78 is 0. The fourth-order valence-corrected chi connectivity index (χ4v) is 1.77. The van der Waals surface area contributed by atoms with E-state index >= 15 is 0 Å². The van der Waals surface area contributed by atoms with Gasteiger partial charge in [0, 0.05) is 25.7 Å². The minimum absolute atomic E-state index is 0.625. The van der Waals surface area contributed by atoms with Crippen LogP contribution in [-0.4, -0.2) is 47.8 Å². The van der Waals surface area contributed by atoms with E-state index in [1.54, 1.807) is 0 Å². The zero-order valence-corrected chi connectivity index (χ0v) is 10.9. The topological polar surface area (TPSA) is 35.5 Å². The molecule has 0 amide bonds. The maximum atomic E-state index is 9.77. The van der Waals surface area contributed by atoms with Crippen LogP contribution in [0.5, 0.6) is 0 Å². The van der Waals surface area contributed by atoms with Crippen molar-refractivity contribution < 1.29 is 5.11 Å². The number of rotatable bonds is 8. The molecule has 0 saturated heterocycles. The fourth-order valence-electron chi connectivity index (χ4n) is 1.77. The third-order valence-corrected chi connectivity index (χ3v) is 2.72. The first-order valence-corrected chi connectivity index (χ1v) is 6.25. The first-order chi connectivity index (χ1) is 7.40. The quantitative estimate of drug-likeness (QED) is 0.614. The van der Waals surface area contributed by atoms with Gasteiger partial charge in [-0.1, -0.05) is 13.5 Å². The number of hydrogen-bond acceptors (Lipinski definition) is 3. The molecular weight excluding hydrogens is 200 g/mol. The van der Waals surface area contributed by atoms with E-state index in [4.69, 9.17) is 0 Å². The third-order valence-electron chi connectivity index (χ3n) is 2.72. The lowest BCUT2D eigenvalue weighted by Gasteiger charge is -2.28. The van der Waals surface area contributed by atoms with Crippen molar-refractivity contribution in [3.05, 3.63) is 12.2 Å². The van der Waals surface area contributed by atoms with Crippen LogP contribution in [0.4, 0.5) is 0 Å². The van der Waals surface area contributed by atoms with Crippen LogP contribution in [0.15, 0.2) is 12.2 Å². The number of likely N-dealkylation sites (N-methyl/N-ethyl adjacent to an activating group) is 1. The summed E-state index contributed by atoms with van der Waals surface area (Å²) in [7, 11) is 0. The van der Waals surface area contributed by atoms with Gasteiger partial charge in [0.05, 0.1) is 5.60 Å². The molecule has 1 aliphatic rings. The minimum atomic E-state index is -0.625. The molecule has 0 atom stereocenters. The predicted molar refractivity (Wildman–Crippen MR) is 68.6 cm³/mol. The first-order valence-electron chi connectivity index (χ1n) is 6.25. The van der Waals surface area contributed by atoms with Gasteiger partial charge in [-0.15, -0.1) is 0 Å². The number of nitrogens with one attached hydrogen (secondary N) is 1. The van der Waals surface area contributed by atoms with Gasteiger partial charge >= 0.3 is 0 Å². The number of nitrogens with zero attached hydrogens (tertiary/aromatic N) is 1. The third kappa shape index (κ3) is 6.26. The Morgan fingerprint density at radius 3 is 2.56 bits per heavy atom. The Bertz CT molecular complexity index is 229. The zero-order chi connectivity index (χ0) is 12.2. The lowest BCUT2D eigenvalue weighted by Crippen LogP contribution is -2.40. The van der Waals surface area contributed by atoms with Crippen LogP contribution >= 0.6 is 0 Å². The summed E-state index contributed by atoms with van der Waals surface area (Å²) in [5, 5.41) is 13.2. The average Bonchev–Trinajstić information content (AvgIpc) is 2.95. The van der Waals surface area contributed by atoms with Crippen molar-refractivity contribution in [2.45, 2.75) is 45.3 Å². The van der Waals surface area contributed by atoms with Crippen molar-refractivity contribution in [1.29, 1.82) is 0 Å². The van der Waals surface area contributed by atoms with E-state index in [1.807, 2.05) is 13.8 Å². The lowest BCUT2D eigenvalue weighted by molar-refractivity contribution is 0.0407. The second kappa shape index (κ2) is 5.80. The molecule has 16 heavy (non-hydrogen) atoms. The van der Waals surface area contributed by atoms with E-state index in [2.05, 4.69) is 23.7 Å². The van der Waals surface area contributed by atoms with E-state index in [9.17, 15) is 5.11 Å². The summed E-state index contributed by atoms with van der Waals surface area (Å²) in [4.78, 5) is 2.23. The van der Waals surface area contributed by atoms with Crippen LogP contribution < -0.4 is 5.32 Å². The van der Waals surface area contributed by atoms with Crippen molar-refractivity contribution in [3.8, 4) is 0 Å². The second-order valence-corrected chi connectivity index (χ2v) is 5.52. The van der Waals surface area contributed by atoms with Crippen LogP contribution in [0.3, 0.4) is 0 Å². The Morgan fingerprint density at radius 2 is 2.12 bits per heavy atom. The van der Waals surface area contributed by atoms with Gasteiger partial charge in [-0.05, 0) is 38.8 Å². The molecule has 0 aromatic heterocycles. The van der Waals surface area contributed by atoms with Crippen LogP contribution in [0.25, 0.3) is 0 Å². The molecule has 1 saturated carbocycles. The molecule has 0 unspecified atom stereocenters. The summed E-state index contributed by atoms with van der Waals surface area (Å²) in [6, 6.07) is 0.737. The molecule has 0 aliphatic heterocycles. The Morgan fingerprint density at radius 1 is 1.50 bits per heavy atom. The SMILES string of the molecule is C=C(CNC1CC1)CN(CC)CC(C)(C)O. The molecular formula is C13H26N2O. The number of hydrogen-bond donors (Lipinski definition) is 2. The second-order valence-electron chi connectivity index (χ2n) is 5.52. The highest BCUT2D eigenvalue weighted by atomic mass is 16.3. The molecule has 0 heterocycles. The van der Waals surface area contributed by atoms with Gasteiger partial charge in [-0.2, -0.15) is 0 Å².